The van der Waals surface area contributed by atoms with Crippen molar-refractivity contribution in [3.8, 4) is 0 Å². The highest BCUT2D eigenvalue weighted by Gasteiger charge is 2.15. The minimum atomic E-state index is 0. The van der Waals surface area contributed by atoms with E-state index in [-0.39, 0.29) is 24.0 Å². The van der Waals surface area contributed by atoms with Crippen LogP contribution in [0.25, 0.3) is 0 Å². The monoisotopic (exact) mass is 469 g/mol. The Morgan fingerprint density at radius 3 is 2.50 bits per heavy atom. The van der Waals surface area contributed by atoms with Crippen molar-refractivity contribution in [2.75, 3.05) is 14.1 Å². The molecular formula is C20H32IN5. The number of hydrogen-bond acceptors (Lipinski definition) is 2. The molecule has 1 aromatic heterocycles. The summed E-state index contributed by atoms with van der Waals surface area (Å²) in [6.45, 7) is 8.07. The van der Waals surface area contributed by atoms with E-state index < -0.39 is 0 Å². The predicted octanol–water partition coefficient (Wildman–Crippen LogP) is 3.68. The summed E-state index contributed by atoms with van der Waals surface area (Å²) >= 11 is 0. The molecule has 2 aromatic rings. The van der Waals surface area contributed by atoms with Gasteiger partial charge in [0.15, 0.2) is 5.96 Å². The van der Waals surface area contributed by atoms with Crippen LogP contribution >= 0.6 is 24.0 Å². The highest BCUT2D eigenvalue weighted by atomic mass is 127. The van der Waals surface area contributed by atoms with Crippen molar-refractivity contribution in [3.63, 3.8) is 0 Å². The molecule has 2 rings (SSSR count). The number of guanidine groups is 1. The van der Waals surface area contributed by atoms with Crippen LogP contribution in [0.4, 0.5) is 0 Å². The van der Waals surface area contributed by atoms with Crippen molar-refractivity contribution < 1.29 is 0 Å². The number of benzene rings is 1. The Kier molecular flexibility index (Phi) is 9.12. The van der Waals surface area contributed by atoms with Crippen molar-refractivity contribution in [1.82, 2.24) is 20.0 Å². The van der Waals surface area contributed by atoms with Gasteiger partial charge in [-0.2, -0.15) is 5.10 Å². The van der Waals surface area contributed by atoms with Gasteiger partial charge in [-0.25, -0.2) is 0 Å². The summed E-state index contributed by atoms with van der Waals surface area (Å²) < 4.78 is 2.01. The molecule has 1 N–H and O–H groups in total. The standard InChI is InChI=1S/C20H31N5.HI/c1-7-18-17(19(8-2)25(6)23-18)13-22-20(21-4)24(5)14-16-12-10-9-11-15(16)3;/h9-12H,7-8,13-14H2,1-6H3,(H,21,22);1H. The van der Waals surface area contributed by atoms with Crippen LogP contribution in [0.1, 0.15) is 41.9 Å². The minimum Gasteiger partial charge on any atom is -0.352 e. The van der Waals surface area contributed by atoms with Crippen molar-refractivity contribution in [1.29, 1.82) is 0 Å². The van der Waals surface area contributed by atoms with Crippen LogP contribution in [0, 0.1) is 6.92 Å². The molecule has 0 aliphatic heterocycles. The lowest BCUT2D eigenvalue weighted by atomic mass is 10.1. The molecule has 1 aromatic carbocycles. The van der Waals surface area contributed by atoms with Crippen molar-refractivity contribution in [2.45, 2.75) is 46.7 Å². The molecule has 5 nitrogen and oxygen atoms in total. The second-order valence-corrected chi connectivity index (χ2v) is 6.39. The van der Waals surface area contributed by atoms with Crippen molar-refractivity contribution >= 4 is 29.9 Å². The van der Waals surface area contributed by atoms with E-state index in [1.165, 1.54) is 28.1 Å². The molecule has 144 valence electrons. The zero-order valence-corrected chi connectivity index (χ0v) is 19.2. The quantitative estimate of drug-likeness (QED) is 0.399. The Labute approximate surface area is 174 Å². The second-order valence-electron chi connectivity index (χ2n) is 6.39. The van der Waals surface area contributed by atoms with Gasteiger partial charge in [0, 0.05) is 45.5 Å². The minimum absolute atomic E-state index is 0. The Morgan fingerprint density at radius 2 is 1.92 bits per heavy atom. The maximum absolute atomic E-state index is 4.65. The maximum Gasteiger partial charge on any atom is 0.193 e. The van der Waals surface area contributed by atoms with Gasteiger partial charge in [0.25, 0.3) is 0 Å². The summed E-state index contributed by atoms with van der Waals surface area (Å²) in [4.78, 5) is 6.61. The fourth-order valence-electron chi connectivity index (χ4n) is 3.26. The van der Waals surface area contributed by atoms with Crippen LogP contribution in [0.3, 0.4) is 0 Å². The van der Waals surface area contributed by atoms with Gasteiger partial charge in [0.1, 0.15) is 0 Å². The van der Waals surface area contributed by atoms with E-state index in [0.29, 0.717) is 0 Å². The van der Waals surface area contributed by atoms with Gasteiger partial charge in [0.2, 0.25) is 0 Å². The summed E-state index contributed by atoms with van der Waals surface area (Å²) in [7, 11) is 5.94. The van der Waals surface area contributed by atoms with Crippen molar-refractivity contribution in [2.24, 2.45) is 12.0 Å². The van der Waals surface area contributed by atoms with E-state index in [1.807, 2.05) is 18.8 Å². The largest absolute Gasteiger partial charge is 0.352 e. The van der Waals surface area contributed by atoms with Gasteiger partial charge < -0.3 is 10.2 Å². The van der Waals surface area contributed by atoms with E-state index in [4.69, 9.17) is 0 Å². The molecule has 0 radical (unpaired) electrons. The topological polar surface area (TPSA) is 45.5 Å². The van der Waals surface area contributed by atoms with E-state index in [2.05, 4.69) is 72.4 Å². The highest BCUT2D eigenvalue weighted by Crippen LogP contribution is 2.15. The molecule has 0 saturated heterocycles. The first kappa shape index (κ1) is 22.5. The number of halogens is 1. The number of aromatic nitrogens is 2. The molecule has 0 saturated carbocycles. The number of aliphatic imine (C=N–C) groups is 1. The van der Waals surface area contributed by atoms with E-state index in [1.54, 1.807) is 0 Å². The van der Waals surface area contributed by atoms with Gasteiger partial charge in [0.05, 0.1) is 5.69 Å². The van der Waals surface area contributed by atoms with Gasteiger partial charge in [-0.05, 0) is 30.9 Å². The molecule has 0 fully saturated rings. The van der Waals surface area contributed by atoms with Gasteiger partial charge in [-0.15, -0.1) is 24.0 Å². The predicted molar refractivity (Wildman–Crippen MR) is 120 cm³/mol. The molecule has 0 amide bonds. The number of aryl methyl sites for hydroxylation is 3. The lowest BCUT2D eigenvalue weighted by Crippen LogP contribution is -2.38. The Bertz CT molecular complexity index is 736. The molecule has 0 atom stereocenters. The first-order valence-corrected chi connectivity index (χ1v) is 9.01. The molecule has 0 bridgehead atoms. The number of nitrogens with zero attached hydrogens (tertiary/aromatic N) is 4. The van der Waals surface area contributed by atoms with Crippen LogP contribution in [-0.2, 0) is 33.0 Å². The lowest BCUT2D eigenvalue weighted by Gasteiger charge is -2.23. The summed E-state index contributed by atoms with van der Waals surface area (Å²) in [5, 5.41) is 8.16. The third kappa shape index (κ3) is 5.22. The zero-order chi connectivity index (χ0) is 18.4. The normalized spacial score (nSPS) is 11.2. The van der Waals surface area contributed by atoms with E-state index >= 15 is 0 Å². The van der Waals surface area contributed by atoms with Crippen LogP contribution in [0.2, 0.25) is 0 Å². The van der Waals surface area contributed by atoms with Gasteiger partial charge in [-0.1, -0.05) is 38.1 Å². The number of nitrogens with one attached hydrogen (secondary N) is 1. The summed E-state index contributed by atoms with van der Waals surface area (Å²) in [5.74, 6) is 0.899. The molecule has 26 heavy (non-hydrogen) atoms. The fourth-order valence-corrected chi connectivity index (χ4v) is 3.26. The third-order valence-electron chi connectivity index (χ3n) is 4.69. The SMILES string of the molecule is CCc1nn(C)c(CC)c1CNC(=NC)N(C)Cc1ccccc1C.I. The summed E-state index contributed by atoms with van der Waals surface area (Å²) in [6.07, 6.45) is 1.93. The molecular weight excluding hydrogens is 437 g/mol. The molecule has 0 aliphatic carbocycles. The third-order valence-corrected chi connectivity index (χ3v) is 4.69. The van der Waals surface area contributed by atoms with Crippen LogP contribution < -0.4 is 5.32 Å². The highest BCUT2D eigenvalue weighted by molar-refractivity contribution is 14.0. The van der Waals surface area contributed by atoms with Gasteiger partial charge in [-0.3, -0.25) is 9.67 Å². The first-order chi connectivity index (χ1) is 12.0. The summed E-state index contributed by atoms with van der Waals surface area (Å²) in [5.41, 5.74) is 6.39. The molecule has 0 aliphatic rings. The van der Waals surface area contributed by atoms with Gasteiger partial charge >= 0.3 is 0 Å². The first-order valence-electron chi connectivity index (χ1n) is 9.01. The lowest BCUT2D eigenvalue weighted by molar-refractivity contribution is 0.475. The molecule has 1 heterocycles. The number of hydrogen-bond donors (Lipinski definition) is 1. The second kappa shape index (κ2) is 10.5. The average Bonchev–Trinajstić information content (AvgIpc) is 2.92. The zero-order valence-electron chi connectivity index (χ0n) is 16.8. The smallest absolute Gasteiger partial charge is 0.193 e. The molecule has 0 unspecified atom stereocenters. The molecule has 0 spiro atoms. The van der Waals surface area contributed by atoms with E-state index in [9.17, 15) is 0 Å². The van der Waals surface area contributed by atoms with Crippen LogP contribution in [-0.4, -0.2) is 34.7 Å². The van der Waals surface area contributed by atoms with Crippen molar-refractivity contribution in [3.05, 3.63) is 52.3 Å². The Morgan fingerprint density at radius 1 is 1.23 bits per heavy atom. The fraction of sp³-hybridized carbons (Fsp3) is 0.500. The molecule has 6 heteroatoms. The van der Waals surface area contributed by atoms with Crippen LogP contribution in [0.15, 0.2) is 29.3 Å². The number of rotatable bonds is 6. The van der Waals surface area contributed by atoms with E-state index in [0.717, 1.165) is 31.9 Å². The summed E-state index contributed by atoms with van der Waals surface area (Å²) in [6, 6.07) is 8.48. The van der Waals surface area contributed by atoms with Crippen LogP contribution in [0.5, 0.6) is 0 Å². The Hall–Kier alpha value is -1.57. The average molecular weight is 469 g/mol. The maximum atomic E-state index is 4.65. The Balaban J connectivity index is 0.00000338.